The zero-order valence-corrected chi connectivity index (χ0v) is 5.82. The molecular weight excluding hydrogens is 142 g/mol. The van der Waals surface area contributed by atoms with Crippen LogP contribution in [-0.2, 0) is 6.54 Å². The smallest absolute Gasteiger partial charge is 0.154 e. The number of rotatable bonds is 0. The third-order valence-electron chi connectivity index (χ3n) is 1.60. The molecule has 0 aliphatic carbocycles. The SMILES string of the molecule is [O-][N+]1=NNc2ccccc2C1. The Kier molecular flexibility index (Phi) is 1.25. The topological polar surface area (TPSA) is 50.5 Å². The van der Waals surface area contributed by atoms with Gasteiger partial charge in [-0.15, -0.1) is 5.43 Å². The monoisotopic (exact) mass is 149 g/mol. The molecule has 1 heterocycles. The fourth-order valence-corrected chi connectivity index (χ4v) is 1.06. The van der Waals surface area contributed by atoms with E-state index in [4.69, 9.17) is 0 Å². The highest BCUT2D eigenvalue weighted by atomic mass is 16.5. The summed E-state index contributed by atoms with van der Waals surface area (Å²) in [7, 11) is 0. The van der Waals surface area contributed by atoms with Crippen LogP contribution in [-0.4, -0.2) is 4.86 Å². The summed E-state index contributed by atoms with van der Waals surface area (Å²) in [6, 6.07) is 7.61. The summed E-state index contributed by atoms with van der Waals surface area (Å²) in [6.07, 6.45) is 0. The van der Waals surface area contributed by atoms with Gasteiger partial charge in [0.1, 0.15) is 6.54 Å². The fraction of sp³-hybridized carbons (Fsp3) is 0.143. The number of hydroxylamine groups is 1. The molecule has 0 bridgehead atoms. The van der Waals surface area contributed by atoms with Gasteiger partial charge in [-0.05, 0) is 6.07 Å². The van der Waals surface area contributed by atoms with Crippen molar-refractivity contribution in [3.8, 4) is 0 Å². The first-order chi connectivity index (χ1) is 5.36. The maximum atomic E-state index is 10.7. The van der Waals surface area contributed by atoms with Gasteiger partial charge in [0.25, 0.3) is 0 Å². The number of fused-ring (bicyclic) bond motifs is 1. The molecule has 4 heteroatoms. The van der Waals surface area contributed by atoms with Crippen LogP contribution in [0, 0.1) is 5.21 Å². The average Bonchev–Trinajstić information content (AvgIpc) is 2.04. The number of hydrogen-bond donors (Lipinski definition) is 1. The Bertz CT molecular complexity index is 308. The van der Waals surface area contributed by atoms with Gasteiger partial charge in [-0.2, -0.15) is 4.86 Å². The van der Waals surface area contributed by atoms with E-state index in [9.17, 15) is 5.21 Å². The van der Waals surface area contributed by atoms with Crippen LogP contribution < -0.4 is 5.43 Å². The maximum Gasteiger partial charge on any atom is 0.154 e. The van der Waals surface area contributed by atoms with Crippen LogP contribution in [0.4, 0.5) is 5.69 Å². The van der Waals surface area contributed by atoms with E-state index >= 15 is 0 Å². The van der Waals surface area contributed by atoms with Crippen LogP contribution in [0.5, 0.6) is 0 Å². The molecule has 1 N–H and O–H groups in total. The van der Waals surface area contributed by atoms with Crippen molar-refractivity contribution in [2.45, 2.75) is 6.54 Å². The van der Waals surface area contributed by atoms with Crippen LogP contribution in [0.1, 0.15) is 5.56 Å². The van der Waals surface area contributed by atoms with Gasteiger partial charge in [-0.3, -0.25) is 0 Å². The molecule has 1 aromatic carbocycles. The van der Waals surface area contributed by atoms with Gasteiger partial charge in [0.05, 0.1) is 5.22 Å². The van der Waals surface area contributed by atoms with Crippen LogP contribution in [0.2, 0.25) is 0 Å². The summed E-state index contributed by atoms with van der Waals surface area (Å²) in [5, 5.41) is 14.2. The Morgan fingerprint density at radius 3 is 3.18 bits per heavy atom. The molecule has 0 fully saturated rings. The van der Waals surface area contributed by atoms with E-state index in [1.807, 2.05) is 24.3 Å². The van der Waals surface area contributed by atoms with Gasteiger partial charge in [0.15, 0.2) is 5.69 Å². The lowest BCUT2D eigenvalue weighted by atomic mass is 10.2. The maximum absolute atomic E-state index is 10.7. The van der Waals surface area contributed by atoms with Gasteiger partial charge in [0, 0.05) is 5.56 Å². The van der Waals surface area contributed by atoms with Crippen molar-refractivity contribution in [1.82, 2.24) is 0 Å². The molecule has 0 saturated carbocycles. The van der Waals surface area contributed by atoms with Crippen molar-refractivity contribution < 1.29 is 4.86 Å². The van der Waals surface area contributed by atoms with Crippen molar-refractivity contribution in [2.24, 2.45) is 5.22 Å². The fourth-order valence-electron chi connectivity index (χ4n) is 1.06. The second-order valence-electron chi connectivity index (χ2n) is 2.38. The molecule has 0 unspecified atom stereocenters. The number of anilines is 1. The number of nitrogens with one attached hydrogen (secondary N) is 1. The van der Waals surface area contributed by atoms with E-state index in [0.29, 0.717) is 11.4 Å². The highest BCUT2D eigenvalue weighted by Gasteiger charge is 2.11. The zero-order chi connectivity index (χ0) is 7.68. The molecule has 1 aliphatic heterocycles. The summed E-state index contributed by atoms with van der Waals surface area (Å²) in [4.78, 5) is 0.627. The molecule has 56 valence electrons. The number of hydrogen-bond acceptors (Lipinski definition) is 3. The Balaban J connectivity index is 2.42. The third-order valence-corrected chi connectivity index (χ3v) is 1.60. The minimum absolute atomic E-state index is 0.336. The van der Waals surface area contributed by atoms with Crippen molar-refractivity contribution in [1.29, 1.82) is 0 Å². The quantitative estimate of drug-likeness (QED) is 0.448. The Morgan fingerprint density at radius 1 is 1.45 bits per heavy atom. The van der Waals surface area contributed by atoms with Crippen LogP contribution in [0.25, 0.3) is 0 Å². The van der Waals surface area contributed by atoms with Gasteiger partial charge in [0.2, 0.25) is 0 Å². The second-order valence-corrected chi connectivity index (χ2v) is 2.38. The minimum atomic E-state index is 0.336. The third kappa shape index (κ3) is 1.02. The van der Waals surface area contributed by atoms with E-state index in [1.54, 1.807) is 0 Å². The molecule has 0 aromatic heterocycles. The van der Waals surface area contributed by atoms with E-state index in [2.05, 4.69) is 10.6 Å². The molecule has 0 spiro atoms. The number of nitrogens with zero attached hydrogens (tertiary/aromatic N) is 2. The van der Waals surface area contributed by atoms with Crippen molar-refractivity contribution in [3.63, 3.8) is 0 Å². The molecule has 2 rings (SSSR count). The zero-order valence-electron chi connectivity index (χ0n) is 5.82. The Morgan fingerprint density at radius 2 is 2.27 bits per heavy atom. The minimum Gasteiger partial charge on any atom is -0.696 e. The lowest BCUT2D eigenvalue weighted by Gasteiger charge is -2.12. The molecule has 0 radical (unpaired) electrons. The molecule has 11 heavy (non-hydrogen) atoms. The molecule has 0 saturated heterocycles. The summed E-state index contributed by atoms with van der Waals surface area (Å²) in [5.41, 5.74) is 4.55. The Labute approximate surface area is 63.7 Å². The highest BCUT2D eigenvalue weighted by Crippen LogP contribution is 2.18. The average molecular weight is 149 g/mol. The highest BCUT2D eigenvalue weighted by molar-refractivity contribution is 5.50. The molecular formula is C7H7N3O. The Hall–Kier alpha value is -1.58. The van der Waals surface area contributed by atoms with Gasteiger partial charge < -0.3 is 5.21 Å². The number of para-hydroxylation sites is 1. The van der Waals surface area contributed by atoms with E-state index in [-0.39, 0.29) is 0 Å². The van der Waals surface area contributed by atoms with Crippen LogP contribution >= 0.6 is 0 Å². The predicted octanol–water partition coefficient (Wildman–Crippen LogP) is 1.49. The summed E-state index contributed by atoms with van der Waals surface area (Å²) < 4.78 is 0. The largest absolute Gasteiger partial charge is 0.696 e. The first kappa shape index (κ1) is 6.15. The normalized spacial score (nSPS) is 14.7. The first-order valence-corrected chi connectivity index (χ1v) is 3.35. The first-order valence-electron chi connectivity index (χ1n) is 3.35. The molecule has 0 atom stereocenters. The standard InChI is InChI=1S/C7H7N3O/c11-10-5-6-3-1-2-4-7(6)8-9-10/h1-4,8H,5H2. The van der Waals surface area contributed by atoms with E-state index in [0.717, 1.165) is 11.3 Å². The second kappa shape index (κ2) is 2.23. The molecule has 0 amide bonds. The van der Waals surface area contributed by atoms with Gasteiger partial charge in [-0.1, -0.05) is 18.2 Å². The molecule has 1 aliphatic rings. The summed E-state index contributed by atoms with van der Waals surface area (Å²) in [5.74, 6) is 0. The summed E-state index contributed by atoms with van der Waals surface area (Å²) >= 11 is 0. The van der Waals surface area contributed by atoms with Gasteiger partial charge >= 0.3 is 0 Å². The number of benzene rings is 1. The summed E-state index contributed by atoms with van der Waals surface area (Å²) in [6.45, 7) is 0.336. The van der Waals surface area contributed by atoms with Crippen molar-refractivity contribution >= 4 is 5.69 Å². The van der Waals surface area contributed by atoms with Gasteiger partial charge in [-0.25, -0.2) is 0 Å². The van der Waals surface area contributed by atoms with Crippen LogP contribution in [0.15, 0.2) is 29.5 Å². The van der Waals surface area contributed by atoms with Crippen LogP contribution in [0.3, 0.4) is 0 Å². The molecule has 4 nitrogen and oxygen atoms in total. The van der Waals surface area contributed by atoms with Crippen molar-refractivity contribution in [3.05, 3.63) is 35.0 Å². The predicted molar refractivity (Wildman–Crippen MR) is 39.8 cm³/mol. The lowest BCUT2D eigenvalue weighted by Crippen LogP contribution is -2.11. The lowest BCUT2D eigenvalue weighted by molar-refractivity contribution is -0.546. The van der Waals surface area contributed by atoms with E-state index < -0.39 is 0 Å². The van der Waals surface area contributed by atoms with Crippen molar-refractivity contribution in [2.75, 3.05) is 5.43 Å². The van der Waals surface area contributed by atoms with E-state index in [1.165, 1.54) is 0 Å². The molecule has 1 aromatic rings.